The number of carbonyl (C=O) groups excluding carboxylic acids is 1. The minimum atomic E-state index is -0.200. The maximum atomic E-state index is 12.5. The molecule has 0 spiro atoms. The summed E-state index contributed by atoms with van der Waals surface area (Å²) in [6, 6.07) is 13.3. The topological polar surface area (TPSA) is 79.9 Å². The molecule has 1 aromatic carbocycles. The van der Waals surface area contributed by atoms with Gasteiger partial charge in [0.05, 0.1) is 24.1 Å². The van der Waals surface area contributed by atoms with Gasteiger partial charge in [-0.2, -0.15) is 5.10 Å². The molecular weight excluding hydrogens is 304 g/mol. The Morgan fingerprint density at radius 3 is 2.83 bits per heavy atom. The van der Waals surface area contributed by atoms with E-state index in [4.69, 9.17) is 4.74 Å². The third kappa shape index (κ3) is 3.43. The van der Waals surface area contributed by atoms with E-state index in [1.807, 2.05) is 49.4 Å². The van der Waals surface area contributed by atoms with Gasteiger partial charge in [-0.1, -0.05) is 36.4 Å². The lowest BCUT2D eigenvalue weighted by Gasteiger charge is -2.10. The zero-order valence-electron chi connectivity index (χ0n) is 13.3. The molecule has 2 heterocycles. The molecule has 0 saturated carbocycles. The summed E-state index contributed by atoms with van der Waals surface area (Å²) in [7, 11) is 0. The molecule has 2 aromatic heterocycles. The van der Waals surface area contributed by atoms with Crippen LogP contribution in [0.3, 0.4) is 0 Å². The smallest absolute Gasteiger partial charge is 0.255 e. The van der Waals surface area contributed by atoms with E-state index in [1.165, 1.54) is 6.20 Å². The molecule has 0 bridgehead atoms. The second kappa shape index (κ2) is 7.41. The van der Waals surface area contributed by atoms with Crippen molar-refractivity contribution in [3.05, 3.63) is 66.0 Å². The average molecular weight is 322 g/mol. The lowest BCUT2D eigenvalue weighted by atomic mass is 10.1. The van der Waals surface area contributed by atoms with Crippen molar-refractivity contribution in [1.82, 2.24) is 20.5 Å². The number of amides is 1. The second-order valence-corrected chi connectivity index (χ2v) is 5.11. The molecule has 3 aromatic rings. The van der Waals surface area contributed by atoms with E-state index in [1.54, 1.807) is 6.20 Å². The van der Waals surface area contributed by atoms with Gasteiger partial charge in [-0.15, -0.1) is 0 Å². The number of rotatable bonds is 6. The van der Waals surface area contributed by atoms with Crippen molar-refractivity contribution < 1.29 is 9.53 Å². The van der Waals surface area contributed by atoms with Crippen LogP contribution in [0.4, 0.5) is 0 Å². The third-order valence-electron chi connectivity index (χ3n) is 3.52. The molecule has 0 saturated heterocycles. The molecule has 0 atom stereocenters. The van der Waals surface area contributed by atoms with E-state index in [-0.39, 0.29) is 5.91 Å². The molecule has 0 radical (unpaired) electrons. The highest BCUT2D eigenvalue weighted by molar-refractivity contribution is 5.99. The maximum absolute atomic E-state index is 12.5. The summed E-state index contributed by atoms with van der Waals surface area (Å²) in [5, 5.41) is 9.78. The van der Waals surface area contributed by atoms with Crippen LogP contribution < -0.4 is 10.1 Å². The number of pyridine rings is 1. The van der Waals surface area contributed by atoms with E-state index in [9.17, 15) is 4.79 Å². The highest BCUT2D eigenvalue weighted by atomic mass is 16.5. The quantitative estimate of drug-likeness (QED) is 0.731. The van der Waals surface area contributed by atoms with Crippen LogP contribution in [0.1, 0.15) is 22.8 Å². The number of benzene rings is 1. The van der Waals surface area contributed by atoms with Gasteiger partial charge in [0, 0.05) is 23.9 Å². The Balaban J connectivity index is 1.74. The van der Waals surface area contributed by atoms with Crippen LogP contribution in [-0.4, -0.2) is 27.7 Å². The fourth-order valence-corrected chi connectivity index (χ4v) is 2.38. The molecule has 0 aliphatic rings. The Morgan fingerprint density at radius 1 is 1.21 bits per heavy atom. The summed E-state index contributed by atoms with van der Waals surface area (Å²) in [6.07, 6.45) is 3.20. The zero-order chi connectivity index (χ0) is 16.8. The summed E-state index contributed by atoms with van der Waals surface area (Å²) >= 11 is 0. The fraction of sp³-hybridized carbons (Fsp3) is 0.167. The normalized spacial score (nSPS) is 10.4. The van der Waals surface area contributed by atoms with Gasteiger partial charge >= 0.3 is 0 Å². The van der Waals surface area contributed by atoms with Gasteiger partial charge in [-0.3, -0.25) is 9.89 Å². The van der Waals surface area contributed by atoms with Crippen LogP contribution in [-0.2, 0) is 6.54 Å². The third-order valence-corrected chi connectivity index (χ3v) is 3.52. The standard InChI is InChI=1S/C18H18N4O2/c1-2-24-18-14(9-6-10-19-18)11-20-17(23)15-12-21-22-16(15)13-7-4-3-5-8-13/h3-10,12H,2,11H2,1H3,(H,20,23)(H,21,22). The molecule has 3 rings (SSSR count). The molecule has 0 fully saturated rings. The lowest BCUT2D eigenvalue weighted by Crippen LogP contribution is -2.23. The first-order valence-corrected chi connectivity index (χ1v) is 7.73. The SMILES string of the molecule is CCOc1ncccc1CNC(=O)c1cn[nH]c1-c1ccccc1. The number of nitrogens with zero attached hydrogens (tertiary/aromatic N) is 2. The summed E-state index contributed by atoms with van der Waals surface area (Å²) in [6.45, 7) is 2.76. The Hall–Kier alpha value is -3.15. The van der Waals surface area contributed by atoms with E-state index < -0.39 is 0 Å². The minimum Gasteiger partial charge on any atom is -0.478 e. The van der Waals surface area contributed by atoms with Crippen LogP contribution in [0, 0.1) is 0 Å². The lowest BCUT2D eigenvalue weighted by molar-refractivity contribution is 0.0951. The number of ether oxygens (including phenoxy) is 1. The molecule has 24 heavy (non-hydrogen) atoms. The van der Waals surface area contributed by atoms with E-state index in [0.29, 0.717) is 30.3 Å². The van der Waals surface area contributed by atoms with Crippen LogP contribution in [0.2, 0.25) is 0 Å². The number of hydrogen-bond donors (Lipinski definition) is 2. The maximum Gasteiger partial charge on any atom is 0.255 e. The van der Waals surface area contributed by atoms with Crippen molar-refractivity contribution in [3.63, 3.8) is 0 Å². The molecule has 2 N–H and O–H groups in total. The van der Waals surface area contributed by atoms with Gasteiger partial charge in [0.2, 0.25) is 5.88 Å². The highest BCUT2D eigenvalue weighted by Gasteiger charge is 2.15. The van der Waals surface area contributed by atoms with E-state index in [2.05, 4.69) is 20.5 Å². The first-order valence-electron chi connectivity index (χ1n) is 7.73. The van der Waals surface area contributed by atoms with Crippen LogP contribution in [0.5, 0.6) is 5.88 Å². The number of aromatic nitrogens is 3. The Kier molecular flexibility index (Phi) is 4.86. The molecule has 6 heteroatoms. The number of carbonyl (C=O) groups is 1. The number of nitrogens with one attached hydrogen (secondary N) is 2. The van der Waals surface area contributed by atoms with Gasteiger partial charge in [0.15, 0.2) is 0 Å². The summed E-state index contributed by atoms with van der Waals surface area (Å²) in [4.78, 5) is 16.7. The Morgan fingerprint density at radius 2 is 2.04 bits per heavy atom. The van der Waals surface area contributed by atoms with Crippen LogP contribution >= 0.6 is 0 Å². The molecule has 6 nitrogen and oxygen atoms in total. The van der Waals surface area contributed by atoms with Crippen molar-refractivity contribution in [2.75, 3.05) is 6.61 Å². The van der Waals surface area contributed by atoms with Crippen molar-refractivity contribution in [2.24, 2.45) is 0 Å². The number of aromatic amines is 1. The van der Waals surface area contributed by atoms with Crippen molar-refractivity contribution in [1.29, 1.82) is 0 Å². The van der Waals surface area contributed by atoms with Crippen molar-refractivity contribution >= 4 is 5.91 Å². The molecule has 0 aliphatic heterocycles. The molecule has 122 valence electrons. The van der Waals surface area contributed by atoms with E-state index >= 15 is 0 Å². The summed E-state index contributed by atoms with van der Waals surface area (Å²) in [5.74, 6) is 0.338. The minimum absolute atomic E-state index is 0.200. The highest BCUT2D eigenvalue weighted by Crippen LogP contribution is 2.21. The van der Waals surface area contributed by atoms with Gasteiger partial charge < -0.3 is 10.1 Å². The first-order chi connectivity index (χ1) is 11.8. The number of hydrogen-bond acceptors (Lipinski definition) is 4. The van der Waals surface area contributed by atoms with Crippen molar-refractivity contribution in [3.8, 4) is 17.1 Å². The molecule has 1 amide bonds. The average Bonchev–Trinajstić information content (AvgIpc) is 3.11. The van der Waals surface area contributed by atoms with Gasteiger partial charge in [-0.05, 0) is 13.0 Å². The second-order valence-electron chi connectivity index (χ2n) is 5.11. The molecular formula is C18H18N4O2. The zero-order valence-corrected chi connectivity index (χ0v) is 13.3. The van der Waals surface area contributed by atoms with Gasteiger partial charge in [0.25, 0.3) is 5.91 Å². The van der Waals surface area contributed by atoms with Gasteiger partial charge in [-0.25, -0.2) is 4.98 Å². The summed E-state index contributed by atoms with van der Waals surface area (Å²) in [5.41, 5.74) is 2.95. The fourth-order valence-electron chi connectivity index (χ4n) is 2.38. The van der Waals surface area contributed by atoms with Crippen LogP contribution in [0.25, 0.3) is 11.3 Å². The van der Waals surface area contributed by atoms with E-state index in [0.717, 1.165) is 11.1 Å². The van der Waals surface area contributed by atoms with Crippen LogP contribution in [0.15, 0.2) is 54.9 Å². The predicted octanol–water partition coefficient (Wildman–Crippen LogP) is 2.80. The van der Waals surface area contributed by atoms with Crippen molar-refractivity contribution in [2.45, 2.75) is 13.5 Å². The first kappa shape index (κ1) is 15.7. The Labute approximate surface area is 139 Å². The largest absolute Gasteiger partial charge is 0.478 e. The number of H-pyrrole nitrogens is 1. The Bertz CT molecular complexity index is 815. The summed E-state index contributed by atoms with van der Waals surface area (Å²) < 4.78 is 5.47. The monoisotopic (exact) mass is 322 g/mol. The predicted molar refractivity (Wildman–Crippen MR) is 90.6 cm³/mol. The molecule has 0 aliphatic carbocycles. The molecule has 0 unspecified atom stereocenters. The van der Waals surface area contributed by atoms with Gasteiger partial charge in [0.1, 0.15) is 0 Å².